The lowest BCUT2D eigenvalue weighted by atomic mass is 9.32. The number of rotatable bonds is 2. The second kappa shape index (κ2) is 12.7. The van der Waals surface area contributed by atoms with Crippen LogP contribution in [0, 0.1) is 6.92 Å². The van der Waals surface area contributed by atoms with Gasteiger partial charge in [0, 0.05) is 43.1 Å². The SMILES string of the molecule is Cc1cc2c3c(c1)N1c4c(cc(C(C)(C)C)cc4C4(C)CCCCC14C)B3c1c(ccc3sc4cc(C(C)(C)C)ccc4c13)N2c1ccc(C(C)(C)C)cc1-c1ccccc1. The number of aryl methyl sites for hydroxylation is 1. The number of fused-ring (bicyclic) bond motifs is 11. The molecule has 1 saturated carbocycles. The summed E-state index contributed by atoms with van der Waals surface area (Å²) in [5.74, 6) is 0. The predicted molar refractivity (Wildman–Crippen MR) is 268 cm³/mol. The third kappa shape index (κ3) is 5.39. The summed E-state index contributed by atoms with van der Waals surface area (Å²) in [6.07, 6.45) is 4.96. The van der Waals surface area contributed by atoms with Crippen LogP contribution in [0.25, 0.3) is 31.3 Å². The average molecular weight is 817 g/mol. The van der Waals surface area contributed by atoms with E-state index in [-0.39, 0.29) is 33.9 Å². The molecule has 0 amide bonds. The quantitative estimate of drug-likeness (QED) is 0.160. The van der Waals surface area contributed by atoms with Gasteiger partial charge in [0.15, 0.2) is 0 Å². The maximum atomic E-state index is 2.90. The molecule has 61 heavy (non-hydrogen) atoms. The molecule has 6 aromatic carbocycles. The molecule has 4 heterocycles. The van der Waals surface area contributed by atoms with Crippen LogP contribution in [-0.2, 0) is 21.7 Å². The van der Waals surface area contributed by atoms with E-state index >= 15 is 0 Å². The second-order valence-electron chi connectivity index (χ2n) is 22.6. The number of anilines is 5. The zero-order valence-corrected chi connectivity index (χ0v) is 39.3. The van der Waals surface area contributed by atoms with Gasteiger partial charge in [-0.1, -0.05) is 143 Å². The first-order valence-corrected chi connectivity index (χ1v) is 23.7. The highest BCUT2D eigenvalue weighted by Crippen LogP contribution is 2.62. The van der Waals surface area contributed by atoms with E-state index < -0.39 is 0 Å². The first-order valence-electron chi connectivity index (χ1n) is 22.9. The van der Waals surface area contributed by atoms with E-state index in [0.717, 1.165) is 0 Å². The Hall–Kier alpha value is -4.80. The number of thiophene rings is 1. The fourth-order valence-corrected chi connectivity index (χ4v) is 13.2. The van der Waals surface area contributed by atoms with Crippen LogP contribution < -0.4 is 26.2 Å². The minimum atomic E-state index is -0.0372. The van der Waals surface area contributed by atoms with Crippen LogP contribution in [0.3, 0.4) is 0 Å². The van der Waals surface area contributed by atoms with Crippen molar-refractivity contribution in [2.24, 2.45) is 0 Å². The molecule has 2 nitrogen and oxygen atoms in total. The number of nitrogens with zero attached hydrogens (tertiary/aromatic N) is 2. The molecular weight excluding hydrogens is 756 g/mol. The summed E-state index contributed by atoms with van der Waals surface area (Å²) >= 11 is 1.98. The van der Waals surface area contributed by atoms with Crippen molar-refractivity contribution in [1.29, 1.82) is 0 Å². The molecule has 0 saturated heterocycles. The van der Waals surface area contributed by atoms with Crippen LogP contribution in [0.15, 0.2) is 103 Å². The molecule has 11 rings (SSSR count). The highest BCUT2D eigenvalue weighted by molar-refractivity contribution is 7.26. The van der Waals surface area contributed by atoms with E-state index in [1.807, 2.05) is 11.3 Å². The summed E-state index contributed by atoms with van der Waals surface area (Å²) in [5.41, 5.74) is 20.9. The molecule has 308 valence electrons. The maximum Gasteiger partial charge on any atom is 0.253 e. The lowest BCUT2D eigenvalue weighted by Crippen LogP contribution is -2.64. The first-order chi connectivity index (χ1) is 28.8. The Morgan fingerprint density at radius 2 is 1.25 bits per heavy atom. The Labute approximate surface area is 369 Å². The molecule has 1 aliphatic carbocycles. The summed E-state index contributed by atoms with van der Waals surface area (Å²) < 4.78 is 2.76. The summed E-state index contributed by atoms with van der Waals surface area (Å²) in [5, 5.41) is 2.81. The van der Waals surface area contributed by atoms with E-state index in [4.69, 9.17) is 0 Å². The number of hydrogen-bond donors (Lipinski definition) is 0. The van der Waals surface area contributed by atoms with E-state index in [1.54, 1.807) is 5.56 Å². The fraction of sp³-hybridized carbons (Fsp3) is 0.368. The van der Waals surface area contributed by atoms with Gasteiger partial charge in [0.05, 0.1) is 11.2 Å². The highest BCUT2D eigenvalue weighted by atomic mass is 32.1. The van der Waals surface area contributed by atoms with E-state index in [1.165, 1.54) is 124 Å². The lowest BCUT2D eigenvalue weighted by molar-refractivity contribution is 0.195. The van der Waals surface area contributed by atoms with E-state index in [9.17, 15) is 0 Å². The molecule has 4 aliphatic rings. The van der Waals surface area contributed by atoms with Crippen molar-refractivity contribution in [3.05, 3.63) is 131 Å². The van der Waals surface area contributed by atoms with Crippen molar-refractivity contribution < 1.29 is 0 Å². The standard InChI is InChI=1S/C57H61BN2S/c1-34-28-45-50-46(29-34)60-52-41(56(11)26-16-17-27-57(56,60)12)31-38(55(8,9)10)32-42(52)58(50)51-44(24-25-47-49(51)39-22-20-37(54(5,6)7)33-48(39)61-47)59(45)43-23-21-36(53(2,3)4)30-40(43)35-18-14-13-15-19-35/h13-15,18-25,28-33H,16-17,26-27H2,1-12H3. The zero-order valence-electron chi connectivity index (χ0n) is 38.5. The third-order valence-electron chi connectivity index (χ3n) is 15.7. The van der Waals surface area contributed by atoms with Gasteiger partial charge in [-0.2, -0.15) is 0 Å². The Bertz CT molecular complexity index is 2990. The first kappa shape index (κ1) is 39.1. The van der Waals surface area contributed by atoms with Crippen molar-refractivity contribution in [2.75, 3.05) is 9.80 Å². The van der Waals surface area contributed by atoms with Crippen LogP contribution in [0.4, 0.5) is 28.4 Å². The van der Waals surface area contributed by atoms with Crippen LogP contribution in [0.1, 0.15) is 130 Å². The van der Waals surface area contributed by atoms with Crippen LogP contribution in [0.5, 0.6) is 0 Å². The molecular formula is C57H61BN2S. The van der Waals surface area contributed by atoms with Crippen molar-refractivity contribution in [3.8, 4) is 11.1 Å². The van der Waals surface area contributed by atoms with Crippen molar-refractivity contribution in [1.82, 2.24) is 0 Å². The predicted octanol–water partition coefficient (Wildman–Crippen LogP) is 14.3. The normalized spacial score (nSPS) is 20.6. The fourth-order valence-electron chi connectivity index (χ4n) is 12.0. The number of hydrogen-bond acceptors (Lipinski definition) is 3. The van der Waals surface area contributed by atoms with Gasteiger partial charge in [-0.15, -0.1) is 11.3 Å². The van der Waals surface area contributed by atoms with Gasteiger partial charge in [0.25, 0.3) is 6.71 Å². The monoisotopic (exact) mass is 816 g/mol. The molecule has 0 spiro atoms. The molecule has 1 fully saturated rings. The molecule has 3 aliphatic heterocycles. The van der Waals surface area contributed by atoms with Crippen molar-refractivity contribution >= 4 is 83.0 Å². The Morgan fingerprint density at radius 1 is 0.590 bits per heavy atom. The van der Waals surface area contributed by atoms with Crippen molar-refractivity contribution in [3.63, 3.8) is 0 Å². The zero-order chi connectivity index (χ0) is 42.8. The third-order valence-corrected chi connectivity index (χ3v) is 16.8. The lowest BCUT2D eigenvalue weighted by Gasteiger charge is -2.53. The van der Waals surface area contributed by atoms with Crippen LogP contribution in [0.2, 0.25) is 0 Å². The molecule has 0 N–H and O–H groups in total. The van der Waals surface area contributed by atoms with Gasteiger partial charge in [-0.3, -0.25) is 0 Å². The summed E-state index contributed by atoms with van der Waals surface area (Å²) in [6.45, 7) is 28.9. The molecule has 4 heteroatoms. The minimum absolute atomic E-state index is 0.00409. The maximum absolute atomic E-state index is 2.90. The van der Waals surface area contributed by atoms with Gasteiger partial charge in [0.2, 0.25) is 0 Å². The van der Waals surface area contributed by atoms with Crippen LogP contribution >= 0.6 is 11.3 Å². The Morgan fingerprint density at radius 3 is 1.97 bits per heavy atom. The molecule has 0 bridgehead atoms. The molecule has 0 radical (unpaired) electrons. The van der Waals surface area contributed by atoms with E-state index in [0.29, 0.717) is 0 Å². The minimum Gasteiger partial charge on any atom is -0.335 e. The van der Waals surface area contributed by atoms with Gasteiger partial charge in [0.1, 0.15) is 0 Å². The molecule has 2 atom stereocenters. The average Bonchev–Trinajstić information content (AvgIpc) is 3.68. The Balaban J connectivity index is 1.32. The van der Waals surface area contributed by atoms with Crippen LogP contribution in [-0.4, -0.2) is 12.3 Å². The number of benzene rings is 6. The topological polar surface area (TPSA) is 6.48 Å². The molecule has 1 aromatic heterocycles. The smallest absolute Gasteiger partial charge is 0.253 e. The summed E-state index contributed by atoms with van der Waals surface area (Å²) in [7, 11) is 0. The second-order valence-corrected chi connectivity index (χ2v) is 23.7. The highest BCUT2D eigenvalue weighted by Gasteiger charge is 2.61. The summed E-state index contributed by atoms with van der Waals surface area (Å²) in [4.78, 5) is 5.59. The van der Waals surface area contributed by atoms with Gasteiger partial charge in [-0.05, 0) is 146 Å². The van der Waals surface area contributed by atoms with Gasteiger partial charge >= 0.3 is 0 Å². The van der Waals surface area contributed by atoms with Crippen molar-refractivity contribution in [2.45, 2.75) is 136 Å². The Kier molecular flexibility index (Phi) is 8.11. The molecule has 2 unspecified atom stereocenters. The largest absolute Gasteiger partial charge is 0.335 e. The summed E-state index contributed by atoms with van der Waals surface area (Å²) in [6, 6.07) is 41.1. The molecule has 7 aromatic rings. The van der Waals surface area contributed by atoms with Gasteiger partial charge in [-0.25, -0.2) is 0 Å². The van der Waals surface area contributed by atoms with E-state index in [2.05, 4.69) is 196 Å². The van der Waals surface area contributed by atoms with Gasteiger partial charge < -0.3 is 9.80 Å².